The smallest absolute Gasteiger partial charge is 0.229 e. The summed E-state index contributed by atoms with van der Waals surface area (Å²) in [6.07, 6.45) is 2.28. The summed E-state index contributed by atoms with van der Waals surface area (Å²) >= 11 is 0. The lowest BCUT2D eigenvalue weighted by Gasteiger charge is -1.83. The van der Waals surface area contributed by atoms with Crippen LogP contribution in [0.4, 0.5) is 0 Å². The largest absolute Gasteiger partial charge is 0.369 e. The molecule has 5 nitrogen and oxygen atoms in total. The first-order chi connectivity index (χ1) is 5.75. The number of nitrogens with two attached hydrogens (primary N) is 1. The molecular weight excluding hydrogens is 158 g/mol. The number of primary amides is 1. The molecule has 1 aliphatic carbocycles. The van der Waals surface area contributed by atoms with Crippen LogP contribution < -0.4 is 5.73 Å². The minimum Gasteiger partial charge on any atom is -0.369 e. The van der Waals surface area contributed by atoms with Gasteiger partial charge in [0, 0.05) is 5.92 Å². The van der Waals surface area contributed by atoms with Crippen molar-refractivity contribution in [2.75, 3.05) is 0 Å². The van der Waals surface area contributed by atoms with E-state index >= 15 is 0 Å². The molecule has 1 amide bonds. The Morgan fingerprint density at radius 3 is 3.00 bits per heavy atom. The lowest BCUT2D eigenvalue weighted by molar-refractivity contribution is -0.117. The molecule has 0 atom stereocenters. The molecule has 1 fully saturated rings. The van der Waals surface area contributed by atoms with Crippen molar-refractivity contribution in [2.24, 2.45) is 5.73 Å². The molecule has 0 aromatic carbocycles. The highest BCUT2D eigenvalue weighted by Gasteiger charge is 2.29. The molecule has 5 heteroatoms. The Morgan fingerprint density at radius 2 is 2.42 bits per heavy atom. The van der Waals surface area contributed by atoms with Gasteiger partial charge < -0.3 is 10.3 Å². The quantitative estimate of drug-likeness (QED) is 0.685. The zero-order valence-electron chi connectivity index (χ0n) is 6.49. The van der Waals surface area contributed by atoms with Gasteiger partial charge >= 0.3 is 0 Å². The lowest BCUT2D eigenvalue weighted by Crippen LogP contribution is -2.14. The molecule has 0 radical (unpaired) electrons. The van der Waals surface area contributed by atoms with Crippen LogP contribution in [0.5, 0.6) is 0 Å². The summed E-state index contributed by atoms with van der Waals surface area (Å²) in [6, 6.07) is 0. The van der Waals surface area contributed by atoms with Gasteiger partial charge in [0.2, 0.25) is 11.8 Å². The molecule has 0 bridgehead atoms. The van der Waals surface area contributed by atoms with Crippen LogP contribution >= 0.6 is 0 Å². The van der Waals surface area contributed by atoms with Crippen molar-refractivity contribution in [1.29, 1.82) is 0 Å². The van der Waals surface area contributed by atoms with E-state index in [0.29, 0.717) is 17.6 Å². The molecule has 0 saturated heterocycles. The fourth-order valence-electron chi connectivity index (χ4n) is 0.991. The second-order valence-electron chi connectivity index (χ2n) is 2.97. The predicted molar refractivity (Wildman–Crippen MR) is 39.2 cm³/mol. The average molecular weight is 167 g/mol. The van der Waals surface area contributed by atoms with Gasteiger partial charge in [-0.1, -0.05) is 5.16 Å². The molecule has 0 spiro atoms. The van der Waals surface area contributed by atoms with Crippen molar-refractivity contribution < 1.29 is 9.32 Å². The normalized spacial score (nSPS) is 16.3. The Labute approximate surface area is 68.9 Å². The first-order valence-electron chi connectivity index (χ1n) is 3.86. The third-order valence-electron chi connectivity index (χ3n) is 1.74. The van der Waals surface area contributed by atoms with Crippen LogP contribution in [0.25, 0.3) is 0 Å². The summed E-state index contributed by atoms with van der Waals surface area (Å²) in [5, 5.41) is 3.63. The SMILES string of the molecule is NC(=O)Cc1noc(C2CC2)n1. The Hall–Kier alpha value is -1.39. The van der Waals surface area contributed by atoms with E-state index in [1.165, 1.54) is 0 Å². The zero-order chi connectivity index (χ0) is 8.55. The maximum atomic E-state index is 10.5. The van der Waals surface area contributed by atoms with Crippen LogP contribution in [-0.2, 0) is 11.2 Å². The van der Waals surface area contributed by atoms with E-state index in [0.717, 1.165) is 12.8 Å². The van der Waals surface area contributed by atoms with Crippen LogP contribution in [0.15, 0.2) is 4.52 Å². The minimum absolute atomic E-state index is 0.0657. The molecule has 1 aromatic rings. The third kappa shape index (κ3) is 1.44. The van der Waals surface area contributed by atoms with Gasteiger partial charge in [-0.15, -0.1) is 0 Å². The number of nitrogens with zero attached hydrogens (tertiary/aromatic N) is 2. The Kier molecular flexibility index (Phi) is 1.56. The van der Waals surface area contributed by atoms with Crippen LogP contribution in [0.1, 0.15) is 30.5 Å². The Morgan fingerprint density at radius 1 is 1.67 bits per heavy atom. The van der Waals surface area contributed by atoms with Gasteiger partial charge in [-0.3, -0.25) is 4.79 Å². The minimum atomic E-state index is -0.432. The van der Waals surface area contributed by atoms with Gasteiger partial charge in [0.15, 0.2) is 5.82 Å². The standard InChI is InChI=1S/C7H9N3O2/c8-5(11)3-6-9-7(12-10-6)4-1-2-4/h4H,1-3H2,(H2,8,11). The number of carbonyl (C=O) groups is 1. The number of hydrogen-bond acceptors (Lipinski definition) is 4. The Balaban J connectivity index is 2.07. The summed E-state index contributed by atoms with van der Waals surface area (Å²) in [6.45, 7) is 0. The third-order valence-corrected chi connectivity index (χ3v) is 1.74. The van der Waals surface area contributed by atoms with Crippen molar-refractivity contribution >= 4 is 5.91 Å². The average Bonchev–Trinajstić information content (AvgIpc) is 2.73. The molecule has 12 heavy (non-hydrogen) atoms. The van der Waals surface area contributed by atoms with Crippen molar-refractivity contribution in [1.82, 2.24) is 10.1 Å². The van der Waals surface area contributed by atoms with Crippen molar-refractivity contribution in [2.45, 2.75) is 25.2 Å². The number of hydrogen-bond donors (Lipinski definition) is 1. The maximum Gasteiger partial charge on any atom is 0.229 e. The van der Waals surface area contributed by atoms with Gasteiger partial charge in [-0.25, -0.2) is 0 Å². The highest BCUT2D eigenvalue weighted by Crippen LogP contribution is 2.38. The number of rotatable bonds is 3. The number of carbonyl (C=O) groups excluding carboxylic acids is 1. The van der Waals surface area contributed by atoms with Gasteiger partial charge in [0.25, 0.3) is 0 Å². The fraction of sp³-hybridized carbons (Fsp3) is 0.571. The Bertz CT molecular complexity index is 303. The molecule has 2 N–H and O–H groups in total. The summed E-state index contributed by atoms with van der Waals surface area (Å²) in [4.78, 5) is 14.5. The van der Waals surface area contributed by atoms with Crippen molar-refractivity contribution in [3.63, 3.8) is 0 Å². The van der Waals surface area contributed by atoms with E-state index in [1.54, 1.807) is 0 Å². The summed E-state index contributed by atoms with van der Waals surface area (Å²) < 4.78 is 4.92. The molecule has 1 aromatic heterocycles. The van der Waals surface area contributed by atoms with Gasteiger partial charge in [-0.2, -0.15) is 4.98 Å². The molecular formula is C7H9N3O2. The molecule has 1 saturated carbocycles. The summed E-state index contributed by atoms with van der Waals surface area (Å²) in [5.74, 6) is 1.04. The highest BCUT2D eigenvalue weighted by atomic mass is 16.5. The fourth-order valence-corrected chi connectivity index (χ4v) is 0.991. The second kappa shape index (κ2) is 2.58. The van der Waals surface area contributed by atoms with Crippen LogP contribution in [-0.4, -0.2) is 16.0 Å². The van der Waals surface area contributed by atoms with Gasteiger partial charge in [0.1, 0.15) is 0 Å². The predicted octanol–water partition coefficient (Wildman–Crippen LogP) is -0.0252. The molecule has 1 heterocycles. The number of aromatic nitrogens is 2. The van der Waals surface area contributed by atoms with E-state index < -0.39 is 5.91 Å². The van der Waals surface area contributed by atoms with E-state index in [-0.39, 0.29) is 6.42 Å². The summed E-state index contributed by atoms with van der Waals surface area (Å²) in [5.41, 5.74) is 4.96. The van der Waals surface area contributed by atoms with E-state index in [1.807, 2.05) is 0 Å². The van der Waals surface area contributed by atoms with E-state index in [9.17, 15) is 4.79 Å². The van der Waals surface area contributed by atoms with Gasteiger partial charge in [-0.05, 0) is 12.8 Å². The molecule has 1 aliphatic rings. The van der Waals surface area contributed by atoms with E-state index in [4.69, 9.17) is 10.3 Å². The van der Waals surface area contributed by atoms with Crippen LogP contribution in [0, 0.1) is 0 Å². The topological polar surface area (TPSA) is 82.0 Å². The van der Waals surface area contributed by atoms with E-state index in [2.05, 4.69) is 10.1 Å². The molecule has 0 unspecified atom stereocenters. The first-order valence-corrected chi connectivity index (χ1v) is 3.86. The van der Waals surface area contributed by atoms with Crippen LogP contribution in [0.3, 0.4) is 0 Å². The lowest BCUT2D eigenvalue weighted by atomic mass is 10.4. The maximum absolute atomic E-state index is 10.5. The van der Waals surface area contributed by atoms with Gasteiger partial charge in [0.05, 0.1) is 6.42 Å². The first kappa shape index (κ1) is 7.27. The highest BCUT2D eigenvalue weighted by molar-refractivity contribution is 5.75. The molecule has 64 valence electrons. The van der Waals surface area contributed by atoms with Crippen LogP contribution in [0.2, 0.25) is 0 Å². The second-order valence-corrected chi connectivity index (χ2v) is 2.97. The molecule has 2 rings (SSSR count). The van der Waals surface area contributed by atoms with Crippen molar-refractivity contribution in [3.8, 4) is 0 Å². The zero-order valence-corrected chi connectivity index (χ0v) is 6.49. The summed E-state index contributed by atoms with van der Waals surface area (Å²) in [7, 11) is 0. The van der Waals surface area contributed by atoms with Crippen molar-refractivity contribution in [3.05, 3.63) is 11.7 Å². The molecule has 0 aliphatic heterocycles. The monoisotopic (exact) mass is 167 g/mol. The number of amides is 1.